The Balaban J connectivity index is 1.87. The maximum Gasteiger partial charge on any atom is 0.227 e. The monoisotopic (exact) mass is 258 g/mol. The molecule has 0 fully saturated rings. The molecule has 0 aliphatic carbocycles. The average Bonchev–Trinajstić information content (AvgIpc) is 2.43. The van der Waals surface area contributed by atoms with E-state index >= 15 is 0 Å². The van der Waals surface area contributed by atoms with E-state index in [0.717, 1.165) is 17.0 Å². The maximum absolute atomic E-state index is 11.9. The molecule has 1 amide bonds. The first-order valence-electron chi connectivity index (χ1n) is 6.38. The highest BCUT2D eigenvalue weighted by molar-refractivity contribution is 5.96. The molecule has 2 aliphatic rings. The number of rotatable bonds is 2. The lowest BCUT2D eigenvalue weighted by Gasteiger charge is -2.27. The molecule has 0 spiro atoms. The summed E-state index contributed by atoms with van der Waals surface area (Å²) in [5, 5.41) is 11.5. The third kappa shape index (κ3) is 2.22. The molecule has 5 nitrogen and oxygen atoms in total. The van der Waals surface area contributed by atoms with E-state index in [4.69, 9.17) is 14.7 Å². The molecule has 5 heteroatoms. The lowest BCUT2D eigenvalue weighted by atomic mass is 9.89. The number of fused-ring (bicyclic) bond motifs is 2. The first-order valence-corrected chi connectivity index (χ1v) is 6.38. The average molecular weight is 258 g/mol. The normalized spacial score (nSPS) is 20.2. The van der Waals surface area contributed by atoms with Gasteiger partial charge in [0.2, 0.25) is 5.91 Å². The highest BCUT2D eigenvalue weighted by Crippen LogP contribution is 2.39. The highest BCUT2D eigenvalue weighted by atomic mass is 16.6. The Hall–Kier alpha value is -2.22. The molecule has 0 saturated carbocycles. The molecule has 0 bridgehead atoms. The van der Waals surface area contributed by atoms with Crippen molar-refractivity contribution >= 4 is 11.6 Å². The van der Waals surface area contributed by atoms with Crippen molar-refractivity contribution in [3.63, 3.8) is 0 Å². The molecule has 0 radical (unpaired) electrons. The number of anilines is 1. The van der Waals surface area contributed by atoms with E-state index in [0.29, 0.717) is 38.2 Å². The first kappa shape index (κ1) is 11.8. The number of nitrogens with one attached hydrogen (secondary N) is 1. The summed E-state index contributed by atoms with van der Waals surface area (Å²) >= 11 is 0. The van der Waals surface area contributed by atoms with Gasteiger partial charge in [0.15, 0.2) is 11.5 Å². The van der Waals surface area contributed by atoms with Crippen LogP contribution in [0.1, 0.15) is 18.4 Å². The van der Waals surface area contributed by atoms with Crippen LogP contribution in [0, 0.1) is 17.2 Å². The van der Waals surface area contributed by atoms with Gasteiger partial charge in [-0.15, -0.1) is 0 Å². The van der Waals surface area contributed by atoms with E-state index in [-0.39, 0.29) is 11.8 Å². The molecule has 0 saturated heterocycles. The zero-order valence-electron chi connectivity index (χ0n) is 10.4. The summed E-state index contributed by atoms with van der Waals surface area (Å²) in [4.78, 5) is 11.9. The lowest BCUT2D eigenvalue weighted by Crippen LogP contribution is -2.30. The topological polar surface area (TPSA) is 71.4 Å². The van der Waals surface area contributed by atoms with Crippen molar-refractivity contribution < 1.29 is 14.3 Å². The van der Waals surface area contributed by atoms with Gasteiger partial charge in [-0.05, 0) is 24.5 Å². The minimum Gasteiger partial charge on any atom is -0.486 e. The van der Waals surface area contributed by atoms with Crippen LogP contribution in [0.3, 0.4) is 0 Å². The van der Waals surface area contributed by atoms with Crippen molar-refractivity contribution in [3.05, 3.63) is 17.7 Å². The molecule has 3 rings (SSSR count). The molecule has 19 heavy (non-hydrogen) atoms. The molecule has 1 N–H and O–H groups in total. The molecule has 98 valence electrons. The van der Waals surface area contributed by atoms with Crippen LogP contribution in [-0.2, 0) is 11.2 Å². The number of ether oxygens (including phenoxy) is 2. The Kier molecular flexibility index (Phi) is 3.00. The first-order chi connectivity index (χ1) is 9.28. The van der Waals surface area contributed by atoms with Crippen LogP contribution in [0.15, 0.2) is 12.1 Å². The lowest BCUT2D eigenvalue weighted by molar-refractivity contribution is -0.120. The van der Waals surface area contributed by atoms with Crippen LogP contribution in [-0.4, -0.2) is 19.1 Å². The number of hydrogen-bond acceptors (Lipinski definition) is 4. The predicted molar refractivity (Wildman–Crippen MR) is 68.1 cm³/mol. The van der Waals surface area contributed by atoms with E-state index in [2.05, 4.69) is 11.4 Å². The third-order valence-electron chi connectivity index (χ3n) is 3.47. The minimum absolute atomic E-state index is 0.0144. The number of nitriles is 1. The fraction of sp³-hybridized carbons (Fsp3) is 0.429. The van der Waals surface area contributed by atoms with Crippen molar-refractivity contribution in [2.45, 2.75) is 19.3 Å². The van der Waals surface area contributed by atoms with Gasteiger partial charge in [0.05, 0.1) is 6.07 Å². The SMILES string of the molecule is N#CCCC1Cc2cc3c(cc2NC1=O)OCCO3. The van der Waals surface area contributed by atoms with Gasteiger partial charge in [-0.1, -0.05) is 0 Å². The van der Waals surface area contributed by atoms with Crippen LogP contribution in [0.2, 0.25) is 0 Å². The van der Waals surface area contributed by atoms with Crippen molar-refractivity contribution in [1.82, 2.24) is 0 Å². The van der Waals surface area contributed by atoms with Gasteiger partial charge in [0, 0.05) is 24.1 Å². The third-order valence-corrected chi connectivity index (χ3v) is 3.47. The van der Waals surface area contributed by atoms with E-state index in [1.165, 1.54) is 0 Å². The Bertz CT molecular complexity index is 563. The number of benzene rings is 1. The highest BCUT2D eigenvalue weighted by Gasteiger charge is 2.28. The molecule has 1 unspecified atom stereocenters. The van der Waals surface area contributed by atoms with Crippen LogP contribution in [0.5, 0.6) is 11.5 Å². The molecular formula is C14H14N2O3. The van der Waals surface area contributed by atoms with Gasteiger partial charge in [-0.2, -0.15) is 5.26 Å². The predicted octanol–water partition coefficient (Wildman–Crippen LogP) is 1.87. The maximum atomic E-state index is 11.9. The quantitative estimate of drug-likeness (QED) is 0.879. The second-order valence-corrected chi connectivity index (χ2v) is 4.74. The standard InChI is InChI=1S/C14H14N2O3/c15-3-1-2-9-6-10-7-12-13(19-5-4-18-12)8-11(10)16-14(9)17/h7-9H,1-2,4-6H2,(H,16,17). The van der Waals surface area contributed by atoms with E-state index < -0.39 is 0 Å². The van der Waals surface area contributed by atoms with Crippen molar-refractivity contribution in [2.24, 2.45) is 5.92 Å². The number of hydrogen-bond donors (Lipinski definition) is 1. The fourth-order valence-electron chi connectivity index (χ4n) is 2.48. The Labute approximate surface area is 111 Å². The Morgan fingerprint density at radius 1 is 1.32 bits per heavy atom. The molecule has 2 aliphatic heterocycles. The summed E-state index contributed by atoms with van der Waals surface area (Å²) in [6.45, 7) is 1.08. The second-order valence-electron chi connectivity index (χ2n) is 4.74. The van der Waals surface area contributed by atoms with Gasteiger partial charge < -0.3 is 14.8 Å². The second kappa shape index (κ2) is 4.81. The number of amides is 1. The Morgan fingerprint density at radius 2 is 2.05 bits per heavy atom. The van der Waals surface area contributed by atoms with Gasteiger partial charge in [-0.3, -0.25) is 4.79 Å². The zero-order valence-corrected chi connectivity index (χ0v) is 10.4. The minimum atomic E-state index is -0.130. The molecule has 2 heterocycles. The van der Waals surface area contributed by atoms with E-state index in [9.17, 15) is 4.79 Å². The zero-order chi connectivity index (χ0) is 13.2. The molecular weight excluding hydrogens is 244 g/mol. The summed E-state index contributed by atoms with van der Waals surface area (Å²) in [5.41, 5.74) is 1.84. The number of carbonyl (C=O) groups excluding carboxylic acids is 1. The van der Waals surface area contributed by atoms with Crippen LogP contribution >= 0.6 is 0 Å². The Morgan fingerprint density at radius 3 is 2.79 bits per heavy atom. The molecule has 1 atom stereocenters. The van der Waals surface area contributed by atoms with Crippen molar-refractivity contribution in [1.29, 1.82) is 5.26 Å². The summed E-state index contributed by atoms with van der Waals surface area (Å²) in [7, 11) is 0. The summed E-state index contributed by atoms with van der Waals surface area (Å²) in [6.07, 6.45) is 1.65. The van der Waals surface area contributed by atoms with Crippen molar-refractivity contribution in [3.8, 4) is 17.6 Å². The van der Waals surface area contributed by atoms with Crippen molar-refractivity contribution in [2.75, 3.05) is 18.5 Å². The summed E-state index contributed by atoms with van der Waals surface area (Å²) in [5.74, 6) is 1.27. The van der Waals surface area contributed by atoms with Crippen LogP contribution in [0.4, 0.5) is 5.69 Å². The van der Waals surface area contributed by atoms with E-state index in [1.54, 1.807) is 0 Å². The van der Waals surface area contributed by atoms with Gasteiger partial charge in [-0.25, -0.2) is 0 Å². The molecule has 1 aromatic rings. The molecule has 1 aromatic carbocycles. The van der Waals surface area contributed by atoms with Gasteiger partial charge >= 0.3 is 0 Å². The number of nitrogens with zero attached hydrogens (tertiary/aromatic N) is 1. The summed E-state index contributed by atoms with van der Waals surface area (Å²) in [6, 6.07) is 5.84. The molecule has 0 aromatic heterocycles. The van der Waals surface area contributed by atoms with Crippen LogP contribution in [0.25, 0.3) is 0 Å². The smallest absolute Gasteiger partial charge is 0.227 e. The fourth-order valence-corrected chi connectivity index (χ4v) is 2.48. The number of carbonyl (C=O) groups is 1. The van der Waals surface area contributed by atoms with E-state index in [1.807, 2.05) is 12.1 Å². The van der Waals surface area contributed by atoms with Crippen LogP contribution < -0.4 is 14.8 Å². The summed E-state index contributed by atoms with van der Waals surface area (Å²) < 4.78 is 11.0. The largest absolute Gasteiger partial charge is 0.486 e. The van der Waals surface area contributed by atoms with Gasteiger partial charge in [0.1, 0.15) is 13.2 Å². The van der Waals surface area contributed by atoms with Gasteiger partial charge in [0.25, 0.3) is 0 Å².